The van der Waals surface area contributed by atoms with Crippen LogP contribution >= 0.6 is 0 Å². The second-order valence-electron chi connectivity index (χ2n) is 5.40. The molecule has 102 valence electrons. The van der Waals surface area contributed by atoms with Crippen LogP contribution in [0.2, 0.25) is 0 Å². The lowest BCUT2D eigenvalue weighted by atomic mass is 10.1. The number of nitro groups is 1. The summed E-state index contributed by atoms with van der Waals surface area (Å²) in [7, 11) is 0. The Hall–Kier alpha value is -1.91. The minimum atomic E-state index is -0.405. The third kappa shape index (κ3) is 3.10. The standard InChI is InChI=1S/C14H18N2O3/c1-10(2)8-15(12-4-5-12)13-6-3-11(9-17)7-14(13)16(18)19/h3,6-7,9-10,12H,4-5,8H2,1-2H3. The fraction of sp³-hybridized carbons (Fsp3) is 0.500. The Kier molecular flexibility index (Phi) is 3.83. The molecule has 1 aromatic carbocycles. The predicted molar refractivity (Wildman–Crippen MR) is 73.7 cm³/mol. The molecule has 1 saturated carbocycles. The number of rotatable bonds is 6. The highest BCUT2D eigenvalue weighted by atomic mass is 16.6. The summed E-state index contributed by atoms with van der Waals surface area (Å²) < 4.78 is 0. The molecule has 0 saturated heterocycles. The molecule has 0 aromatic heterocycles. The van der Waals surface area contributed by atoms with Crippen LogP contribution in [0.25, 0.3) is 0 Å². The van der Waals surface area contributed by atoms with Gasteiger partial charge in [-0.25, -0.2) is 0 Å². The van der Waals surface area contributed by atoms with Crippen molar-refractivity contribution in [3.63, 3.8) is 0 Å². The molecule has 19 heavy (non-hydrogen) atoms. The van der Waals surface area contributed by atoms with Crippen molar-refractivity contribution >= 4 is 17.7 Å². The molecule has 0 N–H and O–H groups in total. The zero-order valence-corrected chi connectivity index (χ0v) is 11.2. The molecule has 5 heteroatoms. The van der Waals surface area contributed by atoms with Crippen molar-refractivity contribution in [2.45, 2.75) is 32.7 Å². The molecular formula is C14H18N2O3. The van der Waals surface area contributed by atoms with Gasteiger partial charge >= 0.3 is 0 Å². The second-order valence-corrected chi connectivity index (χ2v) is 5.40. The monoisotopic (exact) mass is 262 g/mol. The van der Waals surface area contributed by atoms with E-state index in [1.807, 2.05) is 0 Å². The smallest absolute Gasteiger partial charge is 0.293 e. The number of aldehydes is 1. The van der Waals surface area contributed by atoms with Gasteiger partial charge < -0.3 is 4.90 Å². The van der Waals surface area contributed by atoms with Gasteiger partial charge in [-0.1, -0.05) is 13.8 Å². The minimum Gasteiger partial charge on any atom is -0.363 e. The molecule has 5 nitrogen and oxygen atoms in total. The van der Waals surface area contributed by atoms with Gasteiger partial charge in [0, 0.05) is 24.2 Å². The van der Waals surface area contributed by atoms with Crippen molar-refractivity contribution in [1.82, 2.24) is 0 Å². The first kappa shape index (κ1) is 13.5. The Bertz CT molecular complexity index is 495. The first-order valence-corrected chi connectivity index (χ1v) is 6.53. The van der Waals surface area contributed by atoms with Crippen LogP contribution in [0.5, 0.6) is 0 Å². The fourth-order valence-electron chi connectivity index (χ4n) is 2.23. The lowest BCUT2D eigenvalue weighted by Gasteiger charge is -2.26. The molecule has 0 radical (unpaired) electrons. The number of carbonyl (C=O) groups is 1. The second kappa shape index (κ2) is 5.38. The molecule has 0 atom stereocenters. The van der Waals surface area contributed by atoms with Crippen LogP contribution in [0.4, 0.5) is 11.4 Å². The highest BCUT2D eigenvalue weighted by Gasteiger charge is 2.33. The summed E-state index contributed by atoms with van der Waals surface area (Å²) in [6, 6.07) is 5.11. The van der Waals surface area contributed by atoms with Crippen molar-refractivity contribution in [1.29, 1.82) is 0 Å². The van der Waals surface area contributed by atoms with E-state index in [1.54, 1.807) is 12.1 Å². The summed E-state index contributed by atoms with van der Waals surface area (Å²) in [6.45, 7) is 4.99. The molecule has 0 unspecified atom stereocenters. The predicted octanol–water partition coefficient (Wildman–Crippen LogP) is 3.03. The molecule has 1 fully saturated rings. The summed E-state index contributed by atoms with van der Waals surface area (Å²) >= 11 is 0. The molecule has 2 rings (SSSR count). The normalized spacial score (nSPS) is 14.5. The number of hydrogen-bond acceptors (Lipinski definition) is 4. The largest absolute Gasteiger partial charge is 0.363 e. The van der Waals surface area contributed by atoms with Gasteiger partial charge in [0.15, 0.2) is 0 Å². The third-order valence-electron chi connectivity index (χ3n) is 3.19. The highest BCUT2D eigenvalue weighted by molar-refractivity contribution is 5.79. The Morgan fingerprint density at radius 1 is 1.47 bits per heavy atom. The van der Waals surface area contributed by atoms with E-state index in [1.165, 1.54) is 6.07 Å². The molecule has 0 amide bonds. The van der Waals surface area contributed by atoms with Crippen LogP contribution in [-0.2, 0) is 0 Å². The maximum atomic E-state index is 11.2. The van der Waals surface area contributed by atoms with Crippen molar-refractivity contribution in [2.75, 3.05) is 11.4 Å². The number of hydrogen-bond donors (Lipinski definition) is 0. The van der Waals surface area contributed by atoms with E-state index in [0.29, 0.717) is 29.5 Å². The lowest BCUT2D eigenvalue weighted by molar-refractivity contribution is -0.384. The topological polar surface area (TPSA) is 63.5 Å². The maximum Gasteiger partial charge on any atom is 0.293 e. The summed E-state index contributed by atoms with van der Waals surface area (Å²) in [5, 5.41) is 11.2. The van der Waals surface area contributed by atoms with Crippen molar-refractivity contribution in [3.8, 4) is 0 Å². The van der Waals surface area contributed by atoms with E-state index in [0.717, 1.165) is 19.4 Å². The molecule has 1 aromatic rings. The molecule has 0 spiro atoms. The van der Waals surface area contributed by atoms with Gasteiger partial charge in [0.05, 0.1) is 4.92 Å². The van der Waals surface area contributed by atoms with Crippen LogP contribution < -0.4 is 4.90 Å². The zero-order valence-electron chi connectivity index (χ0n) is 11.2. The average molecular weight is 262 g/mol. The highest BCUT2D eigenvalue weighted by Crippen LogP contribution is 2.37. The maximum absolute atomic E-state index is 11.2. The van der Waals surface area contributed by atoms with E-state index < -0.39 is 4.92 Å². The van der Waals surface area contributed by atoms with E-state index in [2.05, 4.69) is 18.7 Å². The SMILES string of the molecule is CC(C)CN(c1ccc(C=O)cc1[N+](=O)[O-])C1CC1. The Labute approximate surface area is 112 Å². The first-order chi connectivity index (χ1) is 9.02. The molecular weight excluding hydrogens is 244 g/mol. The molecule has 1 aliphatic carbocycles. The lowest BCUT2D eigenvalue weighted by Crippen LogP contribution is -2.30. The Balaban J connectivity index is 2.40. The molecule has 0 aliphatic heterocycles. The molecule has 1 aliphatic rings. The number of anilines is 1. The van der Waals surface area contributed by atoms with E-state index in [9.17, 15) is 14.9 Å². The first-order valence-electron chi connectivity index (χ1n) is 6.53. The molecule has 0 heterocycles. The number of carbonyl (C=O) groups excluding carboxylic acids is 1. The Morgan fingerprint density at radius 2 is 2.16 bits per heavy atom. The minimum absolute atomic E-state index is 0.0251. The van der Waals surface area contributed by atoms with Crippen LogP contribution in [-0.4, -0.2) is 23.8 Å². The van der Waals surface area contributed by atoms with Crippen LogP contribution in [0, 0.1) is 16.0 Å². The summed E-state index contributed by atoms with van der Waals surface area (Å²) in [5.74, 6) is 0.436. The molecule has 0 bridgehead atoms. The summed E-state index contributed by atoms with van der Waals surface area (Å²) in [6.07, 6.45) is 2.80. The van der Waals surface area contributed by atoms with E-state index in [4.69, 9.17) is 0 Å². The van der Waals surface area contributed by atoms with Crippen LogP contribution in [0.1, 0.15) is 37.0 Å². The fourth-order valence-corrected chi connectivity index (χ4v) is 2.23. The van der Waals surface area contributed by atoms with E-state index >= 15 is 0 Å². The van der Waals surface area contributed by atoms with E-state index in [-0.39, 0.29) is 5.69 Å². The number of benzene rings is 1. The average Bonchev–Trinajstić information content (AvgIpc) is 3.19. The summed E-state index contributed by atoms with van der Waals surface area (Å²) in [5.41, 5.74) is 1.000. The van der Waals surface area contributed by atoms with Crippen molar-refractivity contribution < 1.29 is 9.72 Å². The van der Waals surface area contributed by atoms with Gasteiger partial charge in [-0.05, 0) is 30.9 Å². The van der Waals surface area contributed by atoms with Crippen LogP contribution in [0.15, 0.2) is 18.2 Å². The number of nitrogens with zero attached hydrogens (tertiary/aromatic N) is 2. The van der Waals surface area contributed by atoms with Crippen molar-refractivity contribution in [2.24, 2.45) is 5.92 Å². The third-order valence-corrected chi connectivity index (χ3v) is 3.19. The zero-order chi connectivity index (χ0) is 14.0. The van der Waals surface area contributed by atoms with Gasteiger partial charge in [0.1, 0.15) is 12.0 Å². The van der Waals surface area contributed by atoms with Gasteiger partial charge in [-0.2, -0.15) is 0 Å². The van der Waals surface area contributed by atoms with Gasteiger partial charge in [-0.15, -0.1) is 0 Å². The van der Waals surface area contributed by atoms with Crippen molar-refractivity contribution in [3.05, 3.63) is 33.9 Å². The summed E-state index contributed by atoms with van der Waals surface area (Å²) in [4.78, 5) is 23.6. The van der Waals surface area contributed by atoms with Gasteiger partial charge in [0.2, 0.25) is 0 Å². The van der Waals surface area contributed by atoms with Gasteiger partial charge in [-0.3, -0.25) is 14.9 Å². The van der Waals surface area contributed by atoms with Gasteiger partial charge in [0.25, 0.3) is 5.69 Å². The quantitative estimate of drug-likeness (QED) is 0.449. The number of nitro benzene ring substituents is 1. The van der Waals surface area contributed by atoms with Crippen LogP contribution in [0.3, 0.4) is 0 Å². The Morgan fingerprint density at radius 3 is 2.63 bits per heavy atom.